The summed E-state index contributed by atoms with van der Waals surface area (Å²) in [6.45, 7) is 0.265. The Hall–Kier alpha value is -2.62. The van der Waals surface area contributed by atoms with Crippen molar-refractivity contribution in [3.63, 3.8) is 0 Å². The minimum atomic E-state index is -0.562. The van der Waals surface area contributed by atoms with Crippen LogP contribution in [-0.4, -0.2) is 56.5 Å². The van der Waals surface area contributed by atoms with Crippen molar-refractivity contribution in [2.75, 3.05) is 39.1 Å². The maximum atomic E-state index is 12.2. The zero-order valence-electron chi connectivity index (χ0n) is 16.2. The third kappa shape index (κ3) is 8.10. The third-order valence-electron chi connectivity index (χ3n) is 3.75. The number of imide groups is 1. The molecule has 0 atom stereocenters. The predicted molar refractivity (Wildman–Crippen MR) is 114 cm³/mol. The minimum Gasteiger partial charge on any atom is -0.495 e. The molecule has 10 heteroatoms. The summed E-state index contributed by atoms with van der Waals surface area (Å²) in [6.07, 6.45) is 0.701. The first-order valence-electron chi connectivity index (χ1n) is 8.79. The van der Waals surface area contributed by atoms with Gasteiger partial charge in [-0.05, 0) is 43.1 Å². The second-order valence-electron chi connectivity index (χ2n) is 6.20. The van der Waals surface area contributed by atoms with Gasteiger partial charge in [0.2, 0.25) is 11.8 Å². The zero-order valence-corrected chi connectivity index (χ0v) is 17.7. The topological polar surface area (TPSA) is 99.8 Å². The van der Waals surface area contributed by atoms with Crippen molar-refractivity contribution < 1.29 is 19.1 Å². The molecule has 0 fully saturated rings. The van der Waals surface area contributed by atoms with Crippen molar-refractivity contribution in [3.05, 3.63) is 45.6 Å². The van der Waals surface area contributed by atoms with Gasteiger partial charge in [-0.25, -0.2) is 4.79 Å². The lowest BCUT2D eigenvalue weighted by Crippen LogP contribution is -2.45. The third-order valence-corrected chi connectivity index (χ3v) is 4.92. The predicted octanol–water partition coefficient (Wildman–Crippen LogP) is 2.35. The molecule has 0 aliphatic rings. The van der Waals surface area contributed by atoms with Crippen molar-refractivity contribution in [3.8, 4) is 5.75 Å². The van der Waals surface area contributed by atoms with E-state index in [0.717, 1.165) is 4.88 Å². The number of nitrogens with zero attached hydrogens (tertiary/aromatic N) is 1. The van der Waals surface area contributed by atoms with E-state index in [2.05, 4.69) is 16.0 Å². The first kappa shape index (κ1) is 22.7. The molecule has 0 bridgehead atoms. The van der Waals surface area contributed by atoms with Gasteiger partial charge in [0.15, 0.2) is 0 Å². The van der Waals surface area contributed by atoms with Crippen LogP contribution in [0.2, 0.25) is 5.02 Å². The Morgan fingerprint density at radius 3 is 2.62 bits per heavy atom. The number of carbonyl (C=O) groups excluding carboxylic acids is 3. The fraction of sp³-hybridized carbons (Fsp3) is 0.316. The number of ether oxygens (including phenoxy) is 1. The molecule has 0 saturated carbocycles. The first-order chi connectivity index (χ1) is 13.9. The average Bonchev–Trinajstić information content (AvgIpc) is 3.14. The maximum absolute atomic E-state index is 12.2. The molecule has 29 heavy (non-hydrogen) atoms. The minimum absolute atomic E-state index is 0.0525. The number of hydrogen-bond acceptors (Lipinski definition) is 6. The normalized spacial score (nSPS) is 10.5. The summed E-state index contributed by atoms with van der Waals surface area (Å²) >= 11 is 7.55. The molecule has 3 N–H and O–H groups in total. The van der Waals surface area contributed by atoms with E-state index >= 15 is 0 Å². The molecule has 1 heterocycles. The van der Waals surface area contributed by atoms with Gasteiger partial charge in [0.1, 0.15) is 5.75 Å². The van der Waals surface area contributed by atoms with Crippen molar-refractivity contribution in [2.45, 2.75) is 6.42 Å². The molecule has 2 rings (SSSR count). The van der Waals surface area contributed by atoms with Crippen LogP contribution < -0.4 is 20.7 Å². The number of rotatable bonds is 9. The molecule has 0 unspecified atom stereocenters. The number of nitrogens with one attached hydrogen (secondary N) is 3. The number of hydrogen-bond donors (Lipinski definition) is 3. The highest BCUT2D eigenvalue weighted by molar-refractivity contribution is 7.09. The standard InChI is InChI=1S/C19H23ClN4O4S/c1-24(11-17(25)22-15-10-13(20)5-6-16(15)28-2)12-18(26)23-19(27)21-8-7-14-4-3-9-29-14/h3-6,9-10H,7-8,11-12H2,1-2H3,(H,22,25)(H2,21,23,26,27). The number of likely N-dealkylation sites (N-methyl/N-ethyl adjacent to an activating group) is 1. The number of halogens is 1. The van der Waals surface area contributed by atoms with Gasteiger partial charge < -0.3 is 15.4 Å². The smallest absolute Gasteiger partial charge is 0.321 e. The number of thiophene rings is 1. The van der Waals surface area contributed by atoms with E-state index in [-0.39, 0.29) is 19.0 Å². The summed E-state index contributed by atoms with van der Waals surface area (Å²) in [5.41, 5.74) is 0.438. The van der Waals surface area contributed by atoms with Gasteiger partial charge in [0.25, 0.3) is 0 Å². The Labute approximate surface area is 178 Å². The van der Waals surface area contributed by atoms with Crippen LogP contribution in [0.3, 0.4) is 0 Å². The molecule has 1 aromatic carbocycles. The van der Waals surface area contributed by atoms with Crippen molar-refractivity contribution in [1.82, 2.24) is 15.5 Å². The largest absolute Gasteiger partial charge is 0.495 e. The Balaban J connectivity index is 1.71. The molecule has 1 aromatic heterocycles. The molecule has 2 aromatic rings. The lowest BCUT2D eigenvalue weighted by molar-refractivity contribution is -0.122. The Morgan fingerprint density at radius 1 is 1.17 bits per heavy atom. The summed E-state index contributed by atoms with van der Waals surface area (Å²) in [4.78, 5) is 38.6. The van der Waals surface area contributed by atoms with Gasteiger partial charge >= 0.3 is 6.03 Å². The molecular weight excluding hydrogens is 416 g/mol. The molecule has 8 nitrogen and oxygen atoms in total. The van der Waals surface area contributed by atoms with Gasteiger partial charge in [-0.15, -0.1) is 11.3 Å². The summed E-state index contributed by atoms with van der Waals surface area (Å²) in [6, 6.07) is 8.23. The van der Waals surface area contributed by atoms with E-state index in [0.29, 0.717) is 29.4 Å². The number of amides is 4. The molecule has 4 amide bonds. The van der Waals surface area contributed by atoms with Gasteiger partial charge in [0, 0.05) is 16.4 Å². The number of benzene rings is 1. The Morgan fingerprint density at radius 2 is 1.93 bits per heavy atom. The van der Waals surface area contributed by atoms with Crippen LogP contribution in [-0.2, 0) is 16.0 Å². The molecule has 0 spiro atoms. The molecule has 0 aliphatic heterocycles. The zero-order chi connectivity index (χ0) is 21.2. The van der Waals surface area contributed by atoms with Gasteiger partial charge in [0.05, 0.1) is 25.9 Å². The molecular formula is C19H23ClN4O4S. The van der Waals surface area contributed by atoms with E-state index in [1.54, 1.807) is 36.6 Å². The monoisotopic (exact) mass is 438 g/mol. The van der Waals surface area contributed by atoms with Crippen LogP contribution in [0, 0.1) is 0 Å². The lowest BCUT2D eigenvalue weighted by atomic mass is 10.3. The molecule has 0 saturated heterocycles. The maximum Gasteiger partial charge on any atom is 0.321 e. The highest BCUT2D eigenvalue weighted by Crippen LogP contribution is 2.27. The highest BCUT2D eigenvalue weighted by atomic mass is 35.5. The summed E-state index contributed by atoms with van der Waals surface area (Å²) in [5, 5.41) is 9.98. The summed E-state index contributed by atoms with van der Waals surface area (Å²) in [5.74, 6) is -0.377. The Kier molecular flexibility index (Phi) is 8.91. The first-order valence-corrected chi connectivity index (χ1v) is 10.0. The van der Waals surface area contributed by atoms with E-state index in [1.165, 1.54) is 12.0 Å². The van der Waals surface area contributed by atoms with Crippen molar-refractivity contribution >= 4 is 46.5 Å². The van der Waals surface area contributed by atoms with Crippen LogP contribution in [0.25, 0.3) is 0 Å². The quantitative estimate of drug-likeness (QED) is 0.558. The van der Waals surface area contributed by atoms with Gasteiger partial charge in [-0.3, -0.25) is 19.8 Å². The average molecular weight is 439 g/mol. The fourth-order valence-electron chi connectivity index (χ4n) is 2.48. The number of carbonyl (C=O) groups is 3. The van der Waals surface area contributed by atoms with Crippen LogP contribution in [0.15, 0.2) is 35.7 Å². The SMILES string of the molecule is COc1ccc(Cl)cc1NC(=O)CN(C)CC(=O)NC(=O)NCCc1cccs1. The van der Waals surface area contributed by atoms with Crippen LogP contribution >= 0.6 is 22.9 Å². The molecule has 0 aliphatic carbocycles. The van der Waals surface area contributed by atoms with E-state index < -0.39 is 11.9 Å². The van der Waals surface area contributed by atoms with Gasteiger partial charge in [-0.1, -0.05) is 17.7 Å². The second-order valence-corrected chi connectivity index (χ2v) is 7.67. The number of urea groups is 1. The van der Waals surface area contributed by atoms with Crippen LogP contribution in [0.5, 0.6) is 5.75 Å². The van der Waals surface area contributed by atoms with E-state index in [1.807, 2.05) is 17.5 Å². The van der Waals surface area contributed by atoms with Crippen LogP contribution in [0.1, 0.15) is 4.88 Å². The second kappa shape index (κ2) is 11.4. The van der Waals surface area contributed by atoms with Crippen molar-refractivity contribution in [1.29, 1.82) is 0 Å². The Bertz CT molecular complexity index is 845. The fourth-order valence-corrected chi connectivity index (χ4v) is 3.36. The molecule has 0 radical (unpaired) electrons. The number of anilines is 1. The summed E-state index contributed by atoms with van der Waals surface area (Å²) < 4.78 is 5.18. The van der Waals surface area contributed by atoms with Gasteiger partial charge in [-0.2, -0.15) is 0 Å². The lowest BCUT2D eigenvalue weighted by Gasteiger charge is -2.16. The van der Waals surface area contributed by atoms with E-state index in [9.17, 15) is 14.4 Å². The van der Waals surface area contributed by atoms with Crippen LogP contribution in [0.4, 0.5) is 10.5 Å². The number of methoxy groups -OCH3 is 1. The van der Waals surface area contributed by atoms with E-state index in [4.69, 9.17) is 16.3 Å². The van der Waals surface area contributed by atoms with Crippen molar-refractivity contribution in [2.24, 2.45) is 0 Å². The summed E-state index contributed by atoms with van der Waals surface area (Å²) in [7, 11) is 3.09. The molecule has 156 valence electrons. The highest BCUT2D eigenvalue weighted by Gasteiger charge is 2.14.